The van der Waals surface area contributed by atoms with Gasteiger partial charge in [0.2, 0.25) is 11.8 Å². The number of halogens is 1. The Morgan fingerprint density at radius 1 is 1.00 bits per heavy atom. The van der Waals surface area contributed by atoms with Crippen LogP contribution in [0.5, 0.6) is 0 Å². The molecular formula is C24H26FN7O2. The summed E-state index contributed by atoms with van der Waals surface area (Å²) in [7, 11) is 0. The Hall–Kier alpha value is -3.66. The minimum Gasteiger partial charge on any atom is -0.340 e. The number of aryl methyl sites for hydroxylation is 1. The summed E-state index contributed by atoms with van der Waals surface area (Å²) in [5.74, 6) is 0.0602. The third-order valence-electron chi connectivity index (χ3n) is 6.47. The van der Waals surface area contributed by atoms with Gasteiger partial charge >= 0.3 is 0 Å². The molecule has 0 radical (unpaired) electrons. The van der Waals surface area contributed by atoms with E-state index in [2.05, 4.69) is 20.4 Å². The summed E-state index contributed by atoms with van der Waals surface area (Å²) in [4.78, 5) is 31.4. The summed E-state index contributed by atoms with van der Waals surface area (Å²) in [5, 5.41) is 11.9. The summed E-state index contributed by atoms with van der Waals surface area (Å²) in [6.07, 6.45) is 0.249. The zero-order chi connectivity index (χ0) is 23.7. The Labute approximate surface area is 196 Å². The zero-order valence-electron chi connectivity index (χ0n) is 19.0. The number of rotatable bonds is 5. The topological polar surface area (TPSA) is 87.5 Å². The molecule has 0 N–H and O–H groups in total. The smallest absolute Gasteiger partial charge is 0.228 e. The molecule has 176 valence electrons. The first kappa shape index (κ1) is 22.1. The Morgan fingerprint density at radius 2 is 1.68 bits per heavy atom. The molecule has 34 heavy (non-hydrogen) atoms. The molecule has 3 heterocycles. The molecule has 1 aromatic heterocycles. The lowest BCUT2D eigenvalue weighted by atomic mass is 10.1. The van der Waals surface area contributed by atoms with E-state index in [0.717, 1.165) is 11.3 Å². The summed E-state index contributed by atoms with van der Waals surface area (Å²) < 4.78 is 14.8. The number of piperazine rings is 1. The van der Waals surface area contributed by atoms with Crippen LogP contribution in [0, 0.1) is 18.7 Å². The number of nitrogens with zero attached hydrogens (tertiary/aromatic N) is 7. The highest BCUT2D eigenvalue weighted by atomic mass is 19.1. The minimum atomic E-state index is -0.315. The standard InChI is InChI=1S/C24H26FN7O2/c1-17-2-6-20(7-3-17)31-15-18(14-23(31)33)24(34)30-12-10-29(11-13-30)16-22-26-27-28-32(22)21-8-4-19(25)5-9-21/h2-9,18H,10-16H2,1H3. The third-order valence-corrected chi connectivity index (χ3v) is 6.47. The summed E-state index contributed by atoms with van der Waals surface area (Å²) in [6.45, 7) is 5.50. The molecule has 10 heteroatoms. The molecule has 0 spiro atoms. The lowest BCUT2D eigenvalue weighted by molar-refractivity contribution is -0.137. The van der Waals surface area contributed by atoms with Crippen LogP contribution in [-0.2, 0) is 16.1 Å². The van der Waals surface area contributed by atoms with Crippen molar-refractivity contribution in [2.45, 2.75) is 19.9 Å². The van der Waals surface area contributed by atoms with Gasteiger partial charge in [0.1, 0.15) is 5.82 Å². The molecule has 2 aliphatic heterocycles. The average Bonchev–Trinajstić information content (AvgIpc) is 3.47. The van der Waals surface area contributed by atoms with E-state index < -0.39 is 0 Å². The van der Waals surface area contributed by atoms with Gasteiger partial charge in [0, 0.05) is 44.8 Å². The highest BCUT2D eigenvalue weighted by molar-refractivity contribution is 6.00. The number of hydrogen-bond donors (Lipinski definition) is 0. The van der Waals surface area contributed by atoms with Crippen molar-refractivity contribution in [2.24, 2.45) is 5.92 Å². The second-order valence-corrected chi connectivity index (χ2v) is 8.83. The molecule has 0 aliphatic carbocycles. The molecule has 2 fully saturated rings. The molecule has 0 bridgehead atoms. The fourth-order valence-electron chi connectivity index (χ4n) is 4.52. The van der Waals surface area contributed by atoms with Crippen LogP contribution in [0.4, 0.5) is 10.1 Å². The van der Waals surface area contributed by atoms with Crippen LogP contribution in [-0.4, -0.2) is 74.5 Å². The van der Waals surface area contributed by atoms with Gasteiger partial charge in [-0.2, -0.15) is 4.68 Å². The Morgan fingerprint density at radius 3 is 2.38 bits per heavy atom. The highest BCUT2D eigenvalue weighted by Gasteiger charge is 2.38. The van der Waals surface area contributed by atoms with Crippen LogP contribution in [0.1, 0.15) is 17.8 Å². The molecule has 1 unspecified atom stereocenters. The van der Waals surface area contributed by atoms with Crippen LogP contribution >= 0.6 is 0 Å². The predicted molar refractivity (Wildman–Crippen MR) is 123 cm³/mol. The van der Waals surface area contributed by atoms with Crippen molar-refractivity contribution in [3.8, 4) is 5.69 Å². The van der Waals surface area contributed by atoms with Gasteiger partial charge in [0.05, 0.1) is 18.2 Å². The maximum atomic E-state index is 13.2. The van der Waals surface area contributed by atoms with Gasteiger partial charge in [0.15, 0.2) is 5.82 Å². The quantitative estimate of drug-likeness (QED) is 0.574. The zero-order valence-corrected chi connectivity index (χ0v) is 19.0. The fourth-order valence-corrected chi connectivity index (χ4v) is 4.52. The molecule has 0 saturated carbocycles. The highest BCUT2D eigenvalue weighted by Crippen LogP contribution is 2.27. The van der Waals surface area contributed by atoms with Crippen molar-refractivity contribution in [1.82, 2.24) is 30.0 Å². The average molecular weight is 464 g/mol. The van der Waals surface area contributed by atoms with Crippen LogP contribution in [0.3, 0.4) is 0 Å². The van der Waals surface area contributed by atoms with E-state index in [4.69, 9.17) is 0 Å². The first-order valence-electron chi connectivity index (χ1n) is 11.4. The normalized spacial score (nSPS) is 19.1. The molecule has 2 amide bonds. The Bertz CT molecular complexity index is 1170. The van der Waals surface area contributed by atoms with Crippen molar-refractivity contribution in [3.05, 3.63) is 65.7 Å². The maximum absolute atomic E-state index is 13.2. The number of carbonyl (C=O) groups is 2. The molecule has 3 aromatic rings. The second-order valence-electron chi connectivity index (χ2n) is 8.83. The molecule has 2 aromatic carbocycles. The Balaban J connectivity index is 1.17. The van der Waals surface area contributed by atoms with Gasteiger partial charge in [-0.15, -0.1) is 5.10 Å². The number of amides is 2. The summed E-state index contributed by atoms with van der Waals surface area (Å²) in [6, 6.07) is 13.8. The summed E-state index contributed by atoms with van der Waals surface area (Å²) in [5.41, 5.74) is 2.67. The van der Waals surface area contributed by atoms with Crippen LogP contribution in [0.2, 0.25) is 0 Å². The first-order valence-corrected chi connectivity index (χ1v) is 11.4. The van der Waals surface area contributed by atoms with E-state index in [-0.39, 0.29) is 30.0 Å². The van der Waals surface area contributed by atoms with Crippen LogP contribution in [0.15, 0.2) is 48.5 Å². The first-order chi connectivity index (χ1) is 16.5. The molecule has 9 nitrogen and oxygen atoms in total. The number of hydrogen-bond acceptors (Lipinski definition) is 6. The SMILES string of the molecule is Cc1ccc(N2CC(C(=O)N3CCN(Cc4nnnn4-c4ccc(F)cc4)CC3)CC2=O)cc1. The molecule has 5 rings (SSSR count). The van der Waals surface area contributed by atoms with E-state index >= 15 is 0 Å². The molecular weight excluding hydrogens is 437 g/mol. The lowest BCUT2D eigenvalue weighted by Crippen LogP contribution is -2.50. The number of anilines is 1. The minimum absolute atomic E-state index is 0.00605. The number of carbonyl (C=O) groups excluding carboxylic acids is 2. The van der Waals surface area contributed by atoms with E-state index in [0.29, 0.717) is 50.8 Å². The van der Waals surface area contributed by atoms with Crippen molar-refractivity contribution < 1.29 is 14.0 Å². The number of aromatic nitrogens is 4. The van der Waals surface area contributed by atoms with Crippen molar-refractivity contribution in [1.29, 1.82) is 0 Å². The van der Waals surface area contributed by atoms with Crippen molar-refractivity contribution in [3.63, 3.8) is 0 Å². The molecule has 2 aliphatic rings. The van der Waals surface area contributed by atoms with Gasteiger partial charge in [-0.25, -0.2) is 4.39 Å². The van der Waals surface area contributed by atoms with Gasteiger partial charge in [-0.05, 0) is 53.7 Å². The van der Waals surface area contributed by atoms with Gasteiger partial charge < -0.3 is 9.80 Å². The number of tetrazole rings is 1. The second kappa shape index (κ2) is 9.30. The molecule has 1 atom stereocenters. The molecule has 2 saturated heterocycles. The van der Waals surface area contributed by atoms with Gasteiger partial charge in [-0.1, -0.05) is 17.7 Å². The summed E-state index contributed by atoms with van der Waals surface area (Å²) >= 11 is 0. The van der Waals surface area contributed by atoms with E-state index in [1.165, 1.54) is 12.1 Å². The van der Waals surface area contributed by atoms with E-state index in [9.17, 15) is 14.0 Å². The third kappa shape index (κ3) is 4.54. The van der Waals surface area contributed by atoms with Crippen LogP contribution in [0.25, 0.3) is 5.69 Å². The van der Waals surface area contributed by atoms with Gasteiger partial charge in [0.25, 0.3) is 0 Å². The van der Waals surface area contributed by atoms with E-state index in [1.54, 1.807) is 21.7 Å². The predicted octanol–water partition coefficient (Wildman–Crippen LogP) is 1.81. The lowest BCUT2D eigenvalue weighted by Gasteiger charge is -2.35. The van der Waals surface area contributed by atoms with Gasteiger partial charge in [-0.3, -0.25) is 14.5 Å². The fraction of sp³-hybridized carbons (Fsp3) is 0.375. The van der Waals surface area contributed by atoms with Crippen molar-refractivity contribution >= 4 is 17.5 Å². The maximum Gasteiger partial charge on any atom is 0.228 e. The van der Waals surface area contributed by atoms with Crippen molar-refractivity contribution in [2.75, 3.05) is 37.6 Å². The number of benzene rings is 2. The monoisotopic (exact) mass is 463 g/mol. The van der Waals surface area contributed by atoms with E-state index in [1.807, 2.05) is 36.1 Å². The van der Waals surface area contributed by atoms with Crippen LogP contribution < -0.4 is 4.90 Å². The largest absolute Gasteiger partial charge is 0.340 e. The Kier molecular flexibility index (Phi) is 6.06.